The highest BCUT2D eigenvalue weighted by molar-refractivity contribution is 5.92. The van der Waals surface area contributed by atoms with E-state index in [1.165, 1.54) is 0 Å². The second-order valence-electron chi connectivity index (χ2n) is 6.33. The molecule has 0 bridgehead atoms. The summed E-state index contributed by atoms with van der Waals surface area (Å²) in [6.45, 7) is 4.11. The van der Waals surface area contributed by atoms with Gasteiger partial charge in [-0.05, 0) is 31.2 Å². The van der Waals surface area contributed by atoms with Gasteiger partial charge in [0.15, 0.2) is 0 Å². The van der Waals surface area contributed by atoms with Gasteiger partial charge in [0.25, 0.3) is 5.95 Å². The van der Waals surface area contributed by atoms with E-state index in [0.29, 0.717) is 11.8 Å². The van der Waals surface area contributed by atoms with Crippen LogP contribution in [0.25, 0.3) is 5.95 Å². The number of hydrogen-bond donors (Lipinski definition) is 2. The third-order valence-corrected chi connectivity index (χ3v) is 4.16. The molecule has 3 N–H and O–H groups in total. The van der Waals surface area contributed by atoms with Crippen molar-refractivity contribution >= 4 is 11.7 Å². The first-order valence-electron chi connectivity index (χ1n) is 7.98. The van der Waals surface area contributed by atoms with E-state index in [9.17, 15) is 4.79 Å². The van der Waals surface area contributed by atoms with E-state index >= 15 is 0 Å². The van der Waals surface area contributed by atoms with Gasteiger partial charge in [-0.2, -0.15) is 9.78 Å². The van der Waals surface area contributed by atoms with E-state index in [4.69, 9.17) is 5.73 Å². The number of rotatable bonds is 4. The maximum absolute atomic E-state index is 12.5. The first-order chi connectivity index (χ1) is 11.0. The molecule has 2 atom stereocenters. The predicted octanol–water partition coefficient (Wildman–Crippen LogP) is 1.85. The van der Waals surface area contributed by atoms with E-state index in [1.54, 1.807) is 23.1 Å². The summed E-state index contributed by atoms with van der Waals surface area (Å²) in [6, 6.07) is 3.75. The molecule has 0 aromatic carbocycles. The van der Waals surface area contributed by atoms with Crippen LogP contribution in [0.4, 0.5) is 5.82 Å². The van der Waals surface area contributed by atoms with Gasteiger partial charge >= 0.3 is 0 Å². The summed E-state index contributed by atoms with van der Waals surface area (Å²) in [4.78, 5) is 20.9. The summed E-state index contributed by atoms with van der Waals surface area (Å²) in [7, 11) is 0. The number of nitrogens with zero attached hydrogens (tertiary/aromatic N) is 4. The Labute approximate surface area is 135 Å². The van der Waals surface area contributed by atoms with Gasteiger partial charge in [-0.25, -0.2) is 9.97 Å². The fourth-order valence-corrected chi connectivity index (χ4v) is 2.81. The molecule has 2 aromatic rings. The molecule has 1 saturated carbocycles. The summed E-state index contributed by atoms with van der Waals surface area (Å²) in [5.41, 5.74) is 6.79. The quantitative estimate of drug-likeness (QED) is 0.897. The van der Waals surface area contributed by atoms with E-state index in [0.717, 1.165) is 25.0 Å². The third-order valence-electron chi connectivity index (χ3n) is 4.16. The molecule has 1 aliphatic carbocycles. The summed E-state index contributed by atoms with van der Waals surface area (Å²) in [5.74, 6) is 1.25. The fraction of sp³-hybridized carbons (Fsp3) is 0.500. The molecule has 3 rings (SSSR count). The van der Waals surface area contributed by atoms with Crippen molar-refractivity contribution in [3.63, 3.8) is 0 Å². The van der Waals surface area contributed by atoms with Crippen LogP contribution in [0.1, 0.15) is 44.7 Å². The monoisotopic (exact) mass is 314 g/mol. The largest absolute Gasteiger partial charge is 0.328 e. The SMILES string of the molecule is CC(C)c1cc(NC(=O)C2CCC(N)C2)n(-c2ncccn2)n1. The molecule has 1 aliphatic rings. The highest BCUT2D eigenvalue weighted by Crippen LogP contribution is 2.27. The number of aromatic nitrogens is 4. The zero-order valence-electron chi connectivity index (χ0n) is 13.4. The molecule has 1 fully saturated rings. The summed E-state index contributed by atoms with van der Waals surface area (Å²) < 4.78 is 1.59. The van der Waals surface area contributed by atoms with Crippen molar-refractivity contribution in [2.45, 2.75) is 45.1 Å². The molecule has 1 amide bonds. The van der Waals surface area contributed by atoms with Crippen LogP contribution in [-0.4, -0.2) is 31.7 Å². The fourth-order valence-electron chi connectivity index (χ4n) is 2.81. The highest BCUT2D eigenvalue weighted by Gasteiger charge is 2.28. The molecular weight excluding hydrogens is 292 g/mol. The second kappa shape index (κ2) is 6.45. The molecule has 0 radical (unpaired) electrons. The Bertz CT molecular complexity index is 681. The van der Waals surface area contributed by atoms with Gasteiger partial charge in [0.1, 0.15) is 5.82 Å². The molecule has 7 heteroatoms. The van der Waals surface area contributed by atoms with Gasteiger partial charge in [-0.15, -0.1) is 0 Å². The zero-order valence-corrected chi connectivity index (χ0v) is 13.4. The van der Waals surface area contributed by atoms with E-state index < -0.39 is 0 Å². The third kappa shape index (κ3) is 3.39. The molecule has 0 saturated heterocycles. The lowest BCUT2D eigenvalue weighted by Gasteiger charge is -2.11. The van der Waals surface area contributed by atoms with Crippen molar-refractivity contribution in [3.8, 4) is 5.95 Å². The smallest absolute Gasteiger partial charge is 0.252 e. The van der Waals surface area contributed by atoms with Crippen molar-refractivity contribution in [2.24, 2.45) is 11.7 Å². The van der Waals surface area contributed by atoms with Crippen molar-refractivity contribution in [3.05, 3.63) is 30.2 Å². The molecule has 122 valence electrons. The number of anilines is 1. The van der Waals surface area contributed by atoms with Crippen LogP contribution in [0.15, 0.2) is 24.5 Å². The van der Waals surface area contributed by atoms with Crippen molar-refractivity contribution in [1.29, 1.82) is 0 Å². The average Bonchev–Trinajstić information content (AvgIpc) is 3.15. The topological polar surface area (TPSA) is 98.7 Å². The van der Waals surface area contributed by atoms with E-state index in [-0.39, 0.29) is 23.8 Å². The molecule has 0 aliphatic heterocycles. The first-order valence-corrected chi connectivity index (χ1v) is 7.98. The zero-order chi connectivity index (χ0) is 16.4. The molecule has 7 nitrogen and oxygen atoms in total. The van der Waals surface area contributed by atoms with Crippen LogP contribution in [-0.2, 0) is 4.79 Å². The molecule has 23 heavy (non-hydrogen) atoms. The van der Waals surface area contributed by atoms with Crippen LogP contribution in [0.3, 0.4) is 0 Å². The lowest BCUT2D eigenvalue weighted by molar-refractivity contribution is -0.119. The van der Waals surface area contributed by atoms with Gasteiger partial charge in [0, 0.05) is 30.4 Å². The summed E-state index contributed by atoms with van der Waals surface area (Å²) >= 11 is 0. The number of carbonyl (C=O) groups is 1. The van der Waals surface area contributed by atoms with Gasteiger partial charge in [0.2, 0.25) is 5.91 Å². The average molecular weight is 314 g/mol. The number of carbonyl (C=O) groups excluding carboxylic acids is 1. The minimum Gasteiger partial charge on any atom is -0.328 e. The summed E-state index contributed by atoms with van der Waals surface area (Å²) in [6.07, 6.45) is 5.77. The first kappa shape index (κ1) is 15.6. The van der Waals surface area contributed by atoms with Crippen LogP contribution in [0, 0.1) is 5.92 Å². The normalized spacial score (nSPS) is 20.9. The van der Waals surface area contributed by atoms with Crippen LogP contribution >= 0.6 is 0 Å². The summed E-state index contributed by atoms with van der Waals surface area (Å²) in [5, 5.41) is 7.50. The molecular formula is C16H22N6O. The number of nitrogens with two attached hydrogens (primary N) is 1. The number of hydrogen-bond acceptors (Lipinski definition) is 5. The molecule has 2 aromatic heterocycles. The predicted molar refractivity (Wildman–Crippen MR) is 87.2 cm³/mol. The molecule has 2 heterocycles. The van der Waals surface area contributed by atoms with Crippen molar-refractivity contribution in [2.75, 3.05) is 5.32 Å². The van der Waals surface area contributed by atoms with Gasteiger partial charge < -0.3 is 11.1 Å². The minimum atomic E-state index is -0.0347. The number of amides is 1. The molecule has 2 unspecified atom stereocenters. The lowest BCUT2D eigenvalue weighted by Crippen LogP contribution is -2.24. The van der Waals surface area contributed by atoms with Crippen LogP contribution < -0.4 is 11.1 Å². The lowest BCUT2D eigenvalue weighted by atomic mass is 10.1. The Morgan fingerprint density at radius 2 is 2.09 bits per heavy atom. The van der Waals surface area contributed by atoms with Gasteiger partial charge in [-0.3, -0.25) is 4.79 Å². The Morgan fingerprint density at radius 1 is 1.35 bits per heavy atom. The van der Waals surface area contributed by atoms with E-state index in [2.05, 4.69) is 34.2 Å². The van der Waals surface area contributed by atoms with Crippen molar-refractivity contribution in [1.82, 2.24) is 19.7 Å². The maximum atomic E-state index is 12.5. The standard InChI is InChI=1S/C16H22N6O/c1-10(2)13-9-14(20-15(23)11-4-5-12(17)8-11)22(21-13)16-18-6-3-7-19-16/h3,6-7,9-12H,4-5,8,17H2,1-2H3,(H,20,23). The van der Waals surface area contributed by atoms with Crippen LogP contribution in [0.5, 0.6) is 0 Å². The maximum Gasteiger partial charge on any atom is 0.252 e. The Kier molecular flexibility index (Phi) is 4.38. The molecule has 0 spiro atoms. The van der Waals surface area contributed by atoms with E-state index in [1.807, 2.05) is 6.07 Å². The van der Waals surface area contributed by atoms with Crippen LogP contribution in [0.2, 0.25) is 0 Å². The number of nitrogens with one attached hydrogen (secondary N) is 1. The Hall–Kier alpha value is -2.28. The Balaban J connectivity index is 1.87. The van der Waals surface area contributed by atoms with Gasteiger partial charge in [0.05, 0.1) is 5.69 Å². The second-order valence-corrected chi connectivity index (χ2v) is 6.33. The van der Waals surface area contributed by atoms with Crippen molar-refractivity contribution < 1.29 is 4.79 Å². The Morgan fingerprint density at radius 3 is 2.70 bits per heavy atom. The minimum absolute atomic E-state index is 0.00895. The van der Waals surface area contributed by atoms with Gasteiger partial charge in [-0.1, -0.05) is 13.8 Å². The highest BCUT2D eigenvalue weighted by atomic mass is 16.2.